The third kappa shape index (κ3) is 4.87. The van der Waals surface area contributed by atoms with Crippen LogP contribution in [0.3, 0.4) is 0 Å². The quantitative estimate of drug-likeness (QED) is 0.280. The number of carbonyl (C=O) groups excluding carboxylic acids is 1. The lowest BCUT2D eigenvalue weighted by Crippen LogP contribution is -2.07. The molecule has 0 aliphatic rings. The molecule has 4 rings (SSSR count). The van der Waals surface area contributed by atoms with Crippen molar-refractivity contribution in [1.29, 1.82) is 0 Å². The predicted octanol–water partition coefficient (Wildman–Crippen LogP) is 7.13. The summed E-state index contributed by atoms with van der Waals surface area (Å²) in [6.07, 6.45) is 4.06. The molecule has 0 aliphatic heterocycles. The lowest BCUT2D eigenvalue weighted by molar-refractivity contribution is -0.111. The second kappa shape index (κ2) is 9.59. The molecule has 3 aromatic carbocycles. The molecule has 1 amide bonds. The molecule has 0 saturated heterocycles. The average Bonchev–Trinajstić information content (AvgIpc) is 3.22. The van der Waals surface area contributed by atoms with Gasteiger partial charge in [-0.15, -0.1) is 0 Å². The first kappa shape index (κ1) is 22.1. The summed E-state index contributed by atoms with van der Waals surface area (Å²) in [7, 11) is 1.59. The first-order valence-corrected chi connectivity index (χ1v) is 11.2. The van der Waals surface area contributed by atoms with Crippen LogP contribution in [-0.2, 0) is 11.2 Å². The van der Waals surface area contributed by atoms with Crippen LogP contribution in [0, 0.1) is 0 Å². The molecule has 0 fully saturated rings. The van der Waals surface area contributed by atoms with Gasteiger partial charge >= 0.3 is 0 Å². The van der Waals surface area contributed by atoms with Gasteiger partial charge in [0.2, 0.25) is 11.8 Å². The van der Waals surface area contributed by atoms with Crippen LogP contribution in [-0.4, -0.2) is 18.0 Å². The van der Waals surface area contributed by atoms with Gasteiger partial charge in [-0.2, -0.15) is 0 Å². The van der Waals surface area contributed by atoms with Crippen molar-refractivity contribution in [2.75, 3.05) is 12.4 Å². The van der Waals surface area contributed by atoms with Gasteiger partial charge in [-0.05, 0) is 66.6 Å². The molecule has 0 saturated carbocycles. The van der Waals surface area contributed by atoms with Gasteiger partial charge in [-0.1, -0.05) is 40.5 Å². The van der Waals surface area contributed by atoms with Gasteiger partial charge in [0.15, 0.2) is 5.58 Å². The number of nitrogens with one attached hydrogen (secondary N) is 1. The maximum Gasteiger partial charge on any atom is 0.248 e. The van der Waals surface area contributed by atoms with E-state index in [1.165, 1.54) is 11.6 Å². The van der Waals surface area contributed by atoms with Crippen molar-refractivity contribution >= 4 is 56.3 Å². The van der Waals surface area contributed by atoms with E-state index in [9.17, 15) is 4.79 Å². The number of hydrogen-bond acceptors (Lipinski definition) is 4. The number of benzene rings is 3. The zero-order chi connectivity index (χ0) is 22.7. The van der Waals surface area contributed by atoms with Crippen molar-refractivity contribution in [3.8, 4) is 17.2 Å². The Kier molecular flexibility index (Phi) is 6.63. The van der Waals surface area contributed by atoms with Crippen LogP contribution < -0.4 is 10.1 Å². The van der Waals surface area contributed by atoms with E-state index in [0.29, 0.717) is 33.5 Å². The van der Waals surface area contributed by atoms with Gasteiger partial charge in [-0.3, -0.25) is 4.79 Å². The zero-order valence-corrected chi connectivity index (χ0v) is 19.8. The topological polar surface area (TPSA) is 64.4 Å². The summed E-state index contributed by atoms with van der Waals surface area (Å²) >= 11 is 9.82. The molecule has 32 heavy (non-hydrogen) atoms. The van der Waals surface area contributed by atoms with Gasteiger partial charge in [0, 0.05) is 21.8 Å². The van der Waals surface area contributed by atoms with Crippen LogP contribution in [0.25, 0.3) is 28.6 Å². The minimum atomic E-state index is -0.287. The van der Waals surface area contributed by atoms with Crippen molar-refractivity contribution in [3.63, 3.8) is 0 Å². The van der Waals surface area contributed by atoms with Crippen molar-refractivity contribution in [2.24, 2.45) is 0 Å². The number of aryl methyl sites for hydroxylation is 1. The summed E-state index contributed by atoms with van der Waals surface area (Å²) in [6.45, 7) is 2.09. The number of amides is 1. The van der Waals surface area contributed by atoms with Crippen molar-refractivity contribution in [1.82, 2.24) is 4.98 Å². The molecular weight excluding hydrogens is 492 g/mol. The number of rotatable bonds is 6. The SMILES string of the molecule is CCc1ccc2oc(-c3cc(NC(=O)/C=C/c4cc(Br)ccc4OC)ccc3Cl)nc2c1. The van der Waals surface area contributed by atoms with Gasteiger partial charge in [0.25, 0.3) is 0 Å². The standard InChI is InChI=1S/C25H20BrClN2O3/c1-3-15-4-9-23-21(12-15)29-25(32-23)19-14-18(7-8-20(19)27)28-24(30)11-5-16-13-17(26)6-10-22(16)31-2/h4-14H,3H2,1-2H3,(H,28,30)/b11-5+. The van der Waals surface area contributed by atoms with E-state index in [0.717, 1.165) is 22.0 Å². The Balaban J connectivity index is 1.57. The van der Waals surface area contributed by atoms with Crippen LogP contribution in [0.2, 0.25) is 5.02 Å². The smallest absolute Gasteiger partial charge is 0.248 e. The molecule has 1 aromatic heterocycles. The molecule has 1 heterocycles. The zero-order valence-electron chi connectivity index (χ0n) is 17.5. The molecule has 0 radical (unpaired) electrons. The summed E-state index contributed by atoms with van der Waals surface area (Å²) in [5.41, 5.74) is 4.61. The Hall–Kier alpha value is -3.09. The molecule has 0 aliphatic carbocycles. The van der Waals surface area contributed by atoms with E-state index < -0.39 is 0 Å². The first-order chi connectivity index (χ1) is 15.5. The molecule has 4 aromatic rings. The Labute approximate surface area is 199 Å². The van der Waals surface area contributed by atoms with Crippen molar-refractivity contribution in [2.45, 2.75) is 13.3 Å². The number of fused-ring (bicyclic) bond motifs is 1. The number of ether oxygens (including phenoxy) is 1. The number of carbonyl (C=O) groups is 1. The Bertz CT molecular complexity index is 1330. The Morgan fingerprint density at radius 2 is 2.03 bits per heavy atom. The lowest BCUT2D eigenvalue weighted by Gasteiger charge is -2.07. The fourth-order valence-corrected chi connectivity index (χ4v) is 3.84. The number of hydrogen-bond donors (Lipinski definition) is 1. The molecule has 0 bridgehead atoms. The average molecular weight is 512 g/mol. The maximum atomic E-state index is 12.5. The summed E-state index contributed by atoms with van der Waals surface area (Å²) in [5.74, 6) is 0.794. The summed E-state index contributed by atoms with van der Waals surface area (Å²) in [6, 6.07) is 16.7. The van der Waals surface area contributed by atoms with E-state index >= 15 is 0 Å². The highest BCUT2D eigenvalue weighted by atomic mass is 79.9. The summed E-state index contributed by atoms with van der Waals surface area (Å²) in [4.78, 5) is 17.1. The normalized spacial score (nSPS) is 11.2. The van der Waals surface area contributed by atoms with Crippen LogP contribution in [0.1, 0.15) is 18.1 Å². The summed E-state index contributed by atoms with van der Waals surface area (Å²) < 4.78 is 12.1. The van der Waals surface area contributed by atoms with E-state index in [4.69, 9.17) is 20.8 Å². The lowest BCUT2D eigenvalue weighted by atomic mass is 10.1. The highest BCUT2D eigenvalue weighted by molar-refractivity contribution is 9.10. The number of anilines is 1. The second-order valence-corrected chi connectivity index (χ2v) is 8.40. The largest absolute Gasteiger partial charge is 0.496 e. The van der Waals surface area contributed by atoms with Crippen LogP contribution >= 0.6 is 27.5 Å². The highest BCUT2D eigenvalue weighted by Crippen LogP contribution is 2.32. The van der Waals surface area contributed by atoms with Crippen LogP contribution in [0.15, 0.2) is 69.6 Å². The van der Waals surface area contributed by atoms with E-state index in [-0.39, 0.29) is 5.91 Å². The van der Waals surface area contributed by atoms with Gasteiger partial charge in [0.1, 0.15) is 11.3 Å². The first-order valence-electron chi connectivity index (χ1n) is 9.99. The Morgan fingerprint density at radius 1 is 1.19 bits per heavy atom. The van der Waals surface area contributed by atoms with Gasteiger partial charge in [-0.25, -0.2) is 4.98 Å². The number of nitrogens with zero attached hydrogens (tertiary/aromatic N) is 1. The summed E-state index contributed by atoms with van der Waals surface area (Å²) in [5, 5.41) is 3.33. The number of oxazole rings is 1. The van der Waals surface area contributed by atoms with Gasteiger partial charge < -0.3 is 14.5 Å². The third-order valence-electron chi connectivity index (χ3n) is 4.93. The molecule has 7 heteroatoms. The van der Waals surface area contributed by atoms with E-state index in [2.05, 4.69) is 33.2 Å². The molecule has 0 atom stereocenters. The molecular formula is C25H20BrClN2O3. The third-order valence-corrected chi connectivity index (χ3v) is 5.75. The molecule has 5 nitrogen and oxygen atoms in total. The van der Waals surface area contributed by atoms with Gasteiger partial charge in [0.05, 0.1) is 17.7 Å². The van der Waals surface area contributed by atoms with Crippen LogP contribution in [0.5, 0.6) is 5.75 Å². The van der Waals surface area contributed by atoms with E-state index in [1.807, 2.05) is 36.4 Å². The van der Waals surface area contributed by atoms with E-state index in [1.54, 1.807) is 31.4 Å². The predicted molar refractivity (Wildman–Crippen MR) is 132 cm³/mol. The fraction of sp³-hybridized carbons (Fsp3) is 0.120. The number of methoxy groups -OCH3 is 1. The monoisotopic (exact) mass is 510 g/mol. The second-order valence-electron chi connectivity index (χ2n) is 7.08. The molecule has 1 N–H and O–H groups in total. The van der Waals surface area contributed by atoms with Crippen molar-refractivity contribution < 1.29 is 13.9 Å². The Morgan fingerprint density at radius 3 is 2.81 bits per heavy atom. The minimum Gasteiger partial charge on any atom is -0.496 e. The minimum absolute atomic E-state index is 0.287. The van der Waals surface area contributed by atoms with Crippen molar-refractivity contribution in [3.05, 3.63) is 81.3 Å². The number of aromatic nitrogens is 1. The van der Waals surface area contributed by atoms with Crippen LogP contribution in [0.4, 0.5) is 5.69 Å². The fourth-order valence-electron chi connectivity index (χ4n) is 3.26. The maximum absolute atomic E-state index is 12.5. The number of halogens is 2. The molecule has 0 unspecified atom stereocenters. The molecule has 0 spiro atoms. The molecule has 162 valence electrons. The highest BCUT2D eigenvalue weighted by Gasteiger charge is 2.13.